The average molecular weight is 589 g/mol. The molecule has 0 radical (unpaired) electrons. The lowest BCUT2D eigenvalue weighted by atomic mass is 9.83. The normalized spacial score (nSPS) is 28.0. The van der Waals surface area contributed by atoms with Crippen molar-refractivity contribution in [2.75, 3.05) is 19.6 Å². The minimum absolute atomic E-state index is 0.121. The van der Waals surface area contributed by atoms with Crippen molar-refractivity contribution in [3.05, 3.63) is 77.4 Å². The summed E-state index contributed by atoms with van der Waals surface area (Å²) >= 11 is 0. The maximum absolute atomic E-state index is 14.2. The largest absolute Gasteiger partial charge is 0.480 e. The Hall–Kier alpha value is -2.78. The quantitative estimate of drug-likeness (QED) is 0.396. The molecule has 0 bridgehead atoms. The molecule has 0 amide bonds. The van der Waals surface area contributed by atoms with Gasteiger partial charge in [-0.25, -0.2) is 8.42 Å². The van der Waals surface area contributed by atoms with Crippen molar-refractivity contribution in [1.29, 1.82) is 0 Å². The van der Waals surface area contributed by atoms with E-state index in [1.165, 1.54) is 30.4 Å². The van der Waals surface area contributed by atoms with Crippen LogP contribution < -0.4 is 0 Å². The van der Waals surface area contributed by atoms with E-state index in [1.54, 1.807) is 18.2 Å². The van der Waals surface area contributed by atoms with E-state index in [2.05, 4.69) is 23.1 Å². The first-order chi connectivity index (χ1) is 20.2. The molecule has 3 aromatic carbocycles. The Morgan fingerprint density at radius 2 is 1.64 bits per heavy atom. The van der Waals surface area contributed by atoms with Gasteiger partial charge in [-0.15, -0.1) is 0 Å². The van der Waals surface area contributed by atoms with Crippen LogP contribution in [0.5, 0.6) is 0 Å². The summed E-state index contributed by atoms with van der Waals surface area (Å²) in [6.45, 7) is 3.56. The number of hydrogen-bond donors (Lipinski definition) is 2. The fraction of sp³-hybridized carbons (Fsp3) is 0.500. The molecule has 2 aliphatic carbocycles. The Kier molecular flexibility index (Phi) is 6.96. The van der Waals surface area contributed by atoms with E-state index in [0.29, 0.717) is 6.54 Å². The van der Waals surface area contributed by atoms with Gasteiger partial charge in [-0.2, -0.15) is 0 Å². The molecule has 42 heavy (non-hydrogen) atoms. The second kappa shape index (κ2) is 10.4. The molecule has 0 aromatic heterocycles. The van der Waals surface area contributed by atoms with Gasteiger partial charge in [0, 0.05) is 19.1 Å². The molecule has 3 atom stereocenters. The van der Waals surface area contributed by atoms with E-state index < -0.39 is 32.2 Å². The summed E-state index contributed by atoms with van der Waals surface area (Å²) in [7, 11) is -4.01. The number of fused-ring (bicyclic) bond motifs is 2. The molecule has 222 valence electrons. The SMILES string of the molecule is O=C(O)C1N([C@@H]2CCCc3cc(CN4CCCCC4)ccc32)CC[C@@]1(O)C1(S(=O)(=O)c2ccc3ccccc3c2)CC1. The number of rotatable bonds is 7. The first kappa shape index (κ1) is 28.0. The van der Waals surface area contributed by atoms with Crippen molar-refractivity contribution in [2.24, 2.45) is 0 Å². The molecule has 1 saturated carbocycles. The minimum Gasteiger partial charge on any atom is -0.480 e. The Morgan fingerprint density at radius 1 is 0.881 bits per heavy atom. The molecule has 2 heterocycles. The predicted molar refractivity (Wildman–Crippen MR) is 162 cm³/mol. The standard InChI is InChI=1S/C34H40N2O5S/c37-32(38)31-34(39,33(15-16-33)42(40,41)28-13-12-25-7-2-3-8-26(25)22-28)17-20-36(31)30-10-6-9-27-21-24(11-14-29(27)30)23-35-18-4-1-5-19-35/h2-3,7-8,11-14,21-22,30-31,39H,1,4-6,9-10,15-20,23H2,(H,37,38)/t30-,31?,34+/m1/s1. The fourth-order valence-corrected chi connectivity index (χ4v) is 10.6. The highest BCUT2D eigenvalue weighted by atomic mass is 32.2. The number of benzene rings is 3. The maximum Gasteiger partial charge on any atom is 0.324 e. The summed E-state index contributed by atoms with van der Waals surface area (Å²) in [6.07, 6.45) is 7.13. The molecule has 2 saturated heterocycles. The van der Waals surface area contributed by atoms with Gasteiger partial charge in [-0.3, -0.25) is 14.6 Å². The van der Waals surface area contributed by atoms with E-state index in [1.807, 2.05) is 29.2 Å². The zero-order valence-electron chi connectivity index (χ0n) is 24.0. The Labute approximate surface area is 248 Å². The van der Waals surface area contributed by atoms with Gasteiger partial charge in [0.1, 0.15) is 16.4 Å². The van der Waals surface area contributed by atoms with E-state index >= 15 is 0 Å². The molecule has 1 unspecified atom stereocenters. The molecule has 7 nitrogen and oxygen atoms in total. The van der Waals surface area contributed by atoms with Crippen LogP contribution in [0.1, 0.15) is 74.1 Å². The first-order valence-electron chi connectivity index (χ1n) is 15.5. The molecule has 3 aromatic rings. The zero-order valence-corrected chi connectivity index (χ0v) is 24.9. The van der Waals surface area contributed by atoms with Crippen molar-refractivity contribution < 1.29 is 23.4 Å². The van der Waals surface area contributed by atoms with Crippen LogP contribution in [-0.2, 0) is 27.6 Å². The van der Waals surface area contributed by atoms with Gasteiger partial charge in [0.25, 0.3) is 0 Å². The Morgan fingerprint density at radius 3 is 2.38 bits per heavy atom. The summed E-state index contributed by atoms with van der Waals surface area (Å²) in [5.74, 6) is -1.15. The van der Waals surface area contributed by atoms with Crippen LogP contribution in [0, 0.1) is 0 Å². The van der Waals surface area contributed by atoms with Crippen LogP contribution in [0.25, 0.3) is 10.8 Å². The van der Waals surface area contributed by atoms with Crippen LogP contribution in [0.3, 0.4) is 0 Å². The number of likely N-dealkylation sites (tertiary alicyclic amines) is 2. The summed E-state index contributed by atoms with van der Waals surface area (Å²) in [5.41, 5.74) is 1.80. The predicted octanol–water partition coefficient (Wildman–Crippen LogP) is 5.10. The zero-order chi connectivity index (χ0) is 29.1. The van der Waals surface area contributed by atoms with Crippen molar-refractivity contribution in [2.45, 2.75) is 91.7 Å². The van der Waals surface area contributed by atoms with Crippen LogP contribution in [0.2, 0.25) is 0 Å². The third-order valence-electron chi connectivity index (χ3n) is 10.6. The number of sulfone groups is 1. The van der Waals surface area contributed by atoms with E-state index in [-0.39, 0.29) is 30.2 Å². The van der Waals surface area contributed by atoms with Crippen molar-refractivity contribution in [1.82, 2.24) is 9.80 Å². The third kappa shape index (κ3) is 4.41. The third-order valence-corrected chi connectivity index (χ3v) is 13.2. The van der Waals surface area contributed by atoms with Crippen molar-refractivity contribution >= 4 is 26.6 Å². The number of piperidine rings is 1. The fourth-order valence-electron chi connectivity index (χ4n) is 8.27. The molecular formula is C34H40N2O5S. The molecule has 0 spiro atoms. The molecular weight excluding hydrogens is 548 g/mol. The van der Waals surface area contributed by atoms with Crippen LogP contribution in [-0.4, -0.2) is 70.4 Å². The second-order valence-electron chi connectivity index (χ2n) is 12.9. The smallest absolute Gasteiger partial charge is 0.324 e. The lowest BCUT2D eigenvalue weighted by Crippen LogP contribution is -2.60. The molecule has 8 heteroatoms. The number of aliphatic carboxylic acids is 1. The number of carboxylic acid groups (broad SMARTS) is 1. The number of aliphatic hydroxyl groups is 1. The molecule has 3 fully saturated rings. The van der Waals surface area contributed by atoms with Gasteiger partial charge < -0.3 is 10.2 Å². The van der Waals surface area contributed by atoms with E-state index in [9.17, 15) is 23.4 Å². The second-order valence-corrected chi connectivity index (χ2v) is 15.2. The highest BCUT2D eigenvalue weighted by molar-refractivity contribution is 7.93. The summed E-state index contributed by atoms with van der Waals surface area (Å²) < 4.78 is 27.0. The van der Waals surface area contributed by atoms with Crippen LogP contribution in [0.4, 0.5) is 0 Å². The minimum atomic E-state index is -4.01. The van der Waals surface area contributed by atoms with Crippen LogP contribution >= 0.6 is 0 Å². The van der Waals surface area contributed by atoms with Gasteiger partial charge in [0.05, 0.1) is 4.90 Å². The number of hydrogen-bond acceptors (Lipinski definition) is 6. The molecule has 7 rings (SSSR count). The van der Waals surface area contributed by atoms with E-state index in [0.717, 1.165) is 55.2 Å². The number of carboxylic acids is 1. The van der Waals surface area contributed by atoms with Gasteiger partial charge in [0.15, 0.2) is 9.84 Å². The highest BCUT2D eigenvalue weighted by Crippen LogP contribution is 2.60. The maximum atomic E-state index is 14.2. The number of nitrogens with zero attached hydrogens (tertiary/aromatic N) is 2. The lowest BCUT2D eigenvalue weighted by molar-refractivity contribution is -0.151. The summed E-state index contributed by atoms with van der Waals surface area (Å²) in [5, 5.41) is 24.6. The van der Waals surface area contributed by atoms with Crippen LogP contribution in [0.15, 0.2) is 65.6 Å². The number of carbonyl (C=O) groups is 1. The summed E-state index contributed by atoms with van der Waals surface area (Å²) in [6, 6.07) is 17.8. The van der Waals surface area contributed by atoms with Gasteiger partial charge in [-0.05, 0) is 104 Å². The molecule has 4 aliphatic rings. The Balaban J connectivity index is 1.20. The number of aryl methyl sites for hydroxylation is 1. The highest BCUT2D eigenvalue weighted by Gasteiger charge is 2.74. The van der Waals surface area contributed by atoms with E-state index in [4.69, 9.17) is 0 Å². The summed E-state index contributed by atoms with van der Waals surface area (Å²) in [4.78, 5) is 17.5. The first-order valence-corrected chi connectivity index (χ1v) is 17.0. The molecule has 2 aliphatic heterocycles. The average Bonchev–Trinajstić information content (AvgIpc) is 3.76. The topological polar surface area (TPSA) is 98.2 Å². The van der Waals surface area contributed by atoms with Crippen molar-refractivity contribution in [3.63, 3.8) is 0 Å². The van der Waals surface area contributed by atoms with Crippen molar-refractivity contribution in [3.8, 4) is 0 Å². The Bertz CT molecular complexity index is 1630. The lowest BCUT2D eigenvalue weighted by Gasteiger charge is -2.41. The van der Waals surface area contributed by atoms with Gasteiger partial charge in [0.2, 0.25) is 0 Å². The van der Waals surface area contributed by atoms with Gasteiger partial charge >= 0.3 is 5.97 Å². The molecule has 2 N–H and O–H groups in total. The van der Waals surface area contributed by atoms with Gasteiger partial charge in [-0.1, -0.05) is 55.0 Å². The monoisotopic (exact) mass is 588 g/mol.